The third-order valence-corrected chi connectivity index (χ3v) is 6.89. The fourth-order valence-electron chi connectivity index (χ4n) is 3.26. The number of thioether (sulfide) groups is 1. The molecular formula is C24H24BrClN2O3S. The van der Waals surface area contributed by atoms with Gasteiger partial charge in [-0.05, 0) is 89.9 Å². The van der Waals surface area contributed by atoms with Gasteiger partial charge in [0.15, 0.2) is 16.7 Å². The molecule has 0 aliphatic carbocycles. The summed E-state index contributed by atoms with van der Waals surface area (Å²) in [7, 11) is 1.62. The Hall–Kier alpha value is -2.22. The van der Waals surface area contributed by atoms with Crippen molar-refractivity contribution in [2.75, 3.05) is 20.3 Å². The zero-order valence-corrected chi connectivity index (χ0v) is 21.3. The number of amidine groups is 1. The first-order chi connectivity index (χ1) is 15.4. The van der Waals surface area contributed by atoms with Crippen molar-refractivity contribution in [2.45, 2.75) is 20.3 Å². The molecule has 3 rings (SSSR count). The molecule has 1 aliphatic heterocycles. The fraction of sp³-hybridized carbons (Fsp3) is 0.250. The maximum absolute atomic E-state index is 13.1. The van der Waals surface area contributed by atoms with Gasteiger partial charge >= 0.3 is 0 Å². The van der Waals surface area contributed by atoms with Crippen LogP contribution in [0.2, 0.25) is 5.02 Å². The van der Waals surface area contributed by atoms with Crippen LogP contribution in [0.5, 0.6) is 11.5 Å². The van der Waals surface area contributed by atoms with Crippen molar-refractivity contribution in [3.63, 3.8) is 0 Å². The first-order valence-corrected chi connectivity index (χ1v) is 12.1. The van der Waals surface area contributed by atoms with Crippen molar-refractivity contribution in [3.8, 4) is 11.5 Å². The number of aliphatic imine (C=N–C) groups is 1. The van der Waals surface area contributed by atoms with Crippen LogP contribution in [0.1, 0.15) is 25.0 Å². The molecule has 1 fully saturated rings. The highest BCUT2D eigenvalue weighted by Crippen LogP contribution is 2.38. The Morgan fingerprint density at radius 1 is 1.28 bits per heavy atom. The number of allylic oxidation sites excluding steroid dienone is 1. The summed E-state index contributed by atoms with van der Waals surface area (Å²) in [5.74, 6) is 1.24. The van der Waals surface area contributed by atoms with Gasteiger partial charge in [0.1, 0.15) is 0 Å². The lowest BCUT2D eigenvalue weighted by atomic mass is 10.0. The molecule has 168 valence electrons. The summed E-state index contributed by atoms with van der Waals surface area (Å²) in [6, 6.07) is 9.32. The lowest BCUT2D eigenvalue weighted by molar-refractivity contribution is -0.122. The Kier molecular flexibility index (Phi) is 8.45. The van der Waals surface area contributed by atoms with E-state index in [-0.39, 0.29) is 5.91 Å². The van der Waals surface area contributed by atoms with Crippen molar-refractivity contribution in [2.24, 2.45) is 4.99 Å². The molecule has 0 unspecified atom stereocenters. The molecule has 0 N–H and O–H groups in total. The topological polar surface area (TPSA) is 51.1 Å². The number of benzene rings is 2. The van der Waals surface area contributed by atoms with Crippen LogP contribution in [0, 0.1) is 0 Å². The second-order valence-electron chi connectivity index (χ2n) is 6.79. The van der Waals surface area contributed by atoms with Gasteiger partial charge in [0, 0.05) is 16.6 Å². The number of hydrogen-bond acceptors (Lipinski definition) is 5. The summed E-state index contributed by atoms with van der Waals surface area (Å²) in [6.45, 7) is 8.70. The number of methoxy groups -OCH3 is 1. The van der Waals surface area contributed by atoms with E-state index in [1.165, 1.54) is 11.8 Å². The second-order valence-corrected chi connectivity index (χ2v) is 9.06. The molecule has 1 heterocycles. The summed E-state index contributed by atoms with van der Waals surface area (Å²) in [4.78, 5) is 20.0. The lowest BCUT2D eigenvalue weighted by Crippen LogP contribution is -2.28. The molecule has 32 heavy (non-hydrogen) atoms. The SMILES string of the molecule is C=CCc1cc(/C=C2\SC(=Nc3ccc(Br)c(Cl)c3)N(CC)C2=O)cc(OCC)c1OC. The largest absolute Gasteiger partial charge is 0.493 e. The quantitative estimate of drug-likeness (QED) is 0.274. The van der Waals surface area contributed by atoms with Crippen molar-refractivity contribution in [1.82, 2.24) is 4.90 Å². The molecule has 1 saturated heterocycles. The predicted octanol–water partition coefficient (Wildman–Crippen LogP) is 6.86. The molecule has 0 saturated carbocycles. The van der Waals surface area contributed by atoms with Crippen molar-refractivity contribution < 1.29 is 14.3 Å². The molecule has 1 aliphatic rings. The third-order valence-electron chi connectivity index (χ3n) is 4.65. The van der Waals surface area contributed by atoms with Crippen LogP contribution in [-0.4, -0.2) is 36.2 Å². The van der Waals surface area contributed by atoms with Crippen LogP contribution in [-0.2, 0) is 11.2 Å². The van der Waals surface area contributed by atoms with Crippen molar-refractivity contribution in [1.29, 1.82) is 0 Å². The zero-order chi connectivity index (χ0) is 23.3. The molecule has 0 radical (unpaired) electrons. The van der Waals surface area contributed by atoms with Crippen molar-refractivity contribution >= 4 is 62.1 Å². The van der Waals surface area contributed by atoms with Crippen LogP contribution < -0.4 is 9.47 Å². The van der Waals surface area contributed by atoms with E-state index in [4.69, 9.17) is 21.1 Å². The summed E-state index contributed by atoms with van der Waals surface area (Å²) in [6.07, 6.45) is 4.30. The van der Waals surface area contributed by atoms with Gasteiger partial charge in [-0.1, -0.05) is 17.7 Å². The summed E-state index contributed by atoms with van der Waals surface area (Å²) < 4.78 is 12.1. The minimum absolute atomic E-state index is 0.0847. The number of likely N-dealkylation sites (N-methyl/N-ethyl adjacent to an activating group) is 1. The third kappa shape index (κ3) is 5.39. The number of rotatable bonds is 8. The number of ether oxygens (including phenoxy) is 2. The van der Waals surface area contributed by atoms with Crippen LogP contribution in [0.3, 0.4) is 0 Å². The first kappa shape index (κ1) is 24.4. The van der Waals surface area contributed by atoms with Crippen LogP contribution in [0.15, 0.2) is 57.4 Å². The van der Waals surface area contributed by atoms with E-state index in [1.54, 1.807) is 18.1 Å². The van der Waals surface area contributed by atoms with E-state index in [0.29, 0.717) is 51.9 Å². The molecule has 5 nitrogen and oxygen atoms in total. The highest BCUT2D eigenvalue weighted by atomic mass is 79.9. The normalized spacial score (nSPS) is 16.2. The Bertz CT molecular complexity index is 1100. The van der Waals surface area contributed by atoms with E-state index in [0.717, 1.165) is 15.6 Å². The molecule has 0 bridgehead atoms. The summed E-state index contributed by atoms with van der Waals surface area (Å²) in [5, 5.41) is 1.18. The lowest BCUT2D eigenvalue weighted by Gasteiger charge is -2.14. The van der Waals surface area contributed by atoms with Gasteiger partial charge in [-0.15, -0.1) is 6.58 Å². The van der Waals surface area contributed by atoms with E-state index in [9.17, 15) is 4.79 Å². The molecular weight excluding hydrogens is 512 g/mol. The summed E-state index contributed by atoms with van der Waals surface area (Å²) >= 11 is 10.9. The Balaban J connectivity index is 2.01. The van der Waals surface area contributed by atoms with Crippen LogP contribution in [0.25, 0.3) is 6.08 Å². The molecule has 0 atom stereocenters. The summed E-state index contributed by atoms with van der Waals surface area (Å²) in [5.41, 5.74) is 2.48. The Morgan fingerprint density at radius 3 is 2.69 bits per heavy atom. The average molecular weight is 536 g/mol. The van der Waals surface area contributed by atoms with Crippen LogP contribution in [0.4, 0.5) is 5.69 Å². The van der Waals surface area contributed by atoms with E-state index in [1.807, 2.05) is 50.3 Å². The van der Waals surface area contributed by atoms with Crippen molar-refractivity contribution in [3.05, 3.63) is 68.5 Å². The van der Waals surface area contributed by atoms with E-state index < -0.39 is 0 Å². The highest BCUT2D eigenvalue weighted by Gasteiger charge is 2.32. The number of carbonyl (C=O) groups is 1. The molecule has 2 aromatic rings. The zero-order valence-electron chi connectivity index (χ0n) is 18.2. The Labute approximate surface area is 206 Å². The highest BCUT2D eigenvalue weighted by molar-refractivity contribution is 9.10. The van der Waals surface area contributed by atoms with Gasteiger partial charge in [0.2, 0.25) is 0 Å². The van der Waals surface area contributed by atoms with E-state index in [2.05, 4.69) is 27.5 Å². The smallest absolute Gasteiger partial charge is 0.266 e. The number of nitrogens with zero attached hydrogens (tertiary/aromatic N) is 2. The van der Waals surface area contributed by atoms with Gasteiger partial charge in [0.05, 0.1) is 29.3 Å². The minimum atomic E-state index is -0.0847. The average Bonchev–Trinajstić information content (AvgIpc) is 3.05. The van der Waals surface area contributed by atoms with Gasteiger partial charge in [-0.2, -0.15) is 0 Å². The fourth-order valence-corrected chi connectivity index (χ4v) is 4.74. The Morgan fingerprint density at radius 2 is 2.06 bits per heavy atom. The number of carbonyl (C=O) groups excluding carboxylic acids is 1. The maximum atomic E-state index is 13.1. The molecule has 2 aromatic carbocycles. The first-order valence-electron chi connectivity index (χ1n) is 10.1. The van der Waals surface area contributed by atoms with Gasteiger partial charge in [0.25, 0.3) is 5.91 Å². The second kappa shape index (κ2) is 11.1. The monoisotopic (exact) mass is 534 g/mol. The number of hydrogen-bond donors (Lipinski definition) is 0. The number of amides is 1. The molecule has 1 amide bonds. The standard InChI is InChI=1S/C24H24BrClN2O3S/c1-5-8-16-11-15(12-20(31-7-3)22(16)30-4)13-21-23(29)28(6-2)24(32-21)27-17-9-10-18(25)19(26)14-17/h5,9-14H,1,6-8H2,2-4H3/b21-13-,27-24?. The van der Waals surface area contributed by atoms with Crippen LogP contribution >= 0.6 is 39.3 Å². The van der Waals surface area contributed by atoms with Gasteiger partial charge < -0.3 is 9.47 Å². The van der Waals surface area contributed by atoms with Gasteiger partial charge in [-0.3, -0.25) is 9.69 Å². The predicted molar refractivity (Wildman–Crippen MR) is 137 cm³/mol. The van der Waals surface area contributed by atoms with E-state index >= 15 is 0 Å². The maximum Gasteiger partial charge on any atom is 0.266 e. The minimum Gasteiger partial charge on any atom is -0.493 e. The molecule has 0 aromatic heterocycles. The molecule has 0 spiro atoms. The number of halogens is 2. The van der Waals surface area contributed by atoms with Gasteiger partial charge in [-0.25, -0.2) is 4.99 Å². The molecule has 8 heteroatoms.